The van der Waals surface area contributed by atoms with Gasteiger partial charge in [-0.1, -0.05) is 30.3 Å². The summed E-state index contributed by atoms with van der Waals surface area (Å²) in [5.41, 5.74) is 4.15. The highest BCUT2D eigenvalue weighted by atomic mass is 35.5. The fourth-order valence-electron chi connectivity index (χ4n) is 4.79. The fourth-order valence-corrected chi connectivity index (χ4v) is 4.96. The minimum absolute atomic E-state index is 0.0959. The van der Waals surface area contributed by atoms with Gasteiger partial charge in [0.05, 0.1) is 29.3 Å². The van der Waals surface area contributed by atoms with Crippen molar-refractivity contribution in [1.29, 1.82) is 0 Å². The maximum absolute atomic E-state index is 13.4. The van der Waals surface area contributed by atoms with Gasteiger partial charge in [-0.2, -0.15) is 4.68 Å². The molecule has 1 aliphatic heterocycles. The number of rotatable bonds is 7. The van der Waals surface area contributed by atoms with Gasteiger partial charge in [0.2, 0.25) is 0 Å². The molecule has 200 valence electrons. The van der Waals surface area contributed by atoms with Crippen LogP contribution in [0.25, 0.3) is 28.2 Å². The summed E-state index contributed by atoms with van der Waals surface area (Å²) in [5, 5.41) is 14.5. The van der Waals surface area contributed by atoms with Crippen LogP contribution in [0, 0.1) is 0 Å². The van der Waals surface area contributed by atoms with Gasteiger partial charge in [-0.05, 0) is 65.2 Å². The van der Waals surface area contributed by atoms with Crippen molar-refractivity contribution in [2.24, 2.45) is 0 Å². The minimum Gasteiger partial charge on any atom is -0.445 e. The number of nitrogens with one attached hydrogen (secondary N) is 2. The number of imidazole rings is 1. The van der Waals surface area contributed by atoms with Crippen molar-refractivity contribution in [2.75, 3.05) is 11.9 Å². The topological polar surface area (TPSA) is 146 Å². The Labute approximate surface area is 232 Å². The van der Waals surface area contributed by atoms with E-state index in [1.807, 2.05) is 12.1 Å². The van der Waals surface area contributed by atoms with Crippen molar-refractivity contribution in [2.45, 2.75) is 18.9 Å². The molecule has 0 saturated heterocycles. The lowest BCUT2D eigenvalue weighted by Crippen LogP contribution is -2.23. The van der Waals surface area contributed by atoms with E-state index in [0.717, 1.165) is 16.8 Å². The fraction of sp³-hybridized carbons (Fsp3) is 0.148. The number of benzene rings is 1. The SMILES string of the molecule is C=CCOC(=O)Nc1cccc(-c2cnc([C@@H]3CCc4cc(-c5cc(Cl)ccc5-n5cnnn5)cc(=O)n43)[nH]2)n1. The zero-order valence-electron chi connectivity index (χ0n) is 21.0. The highest BCUT2D eigenvalue weighted by Crippen LogP contribution is 2.34. The van der Waals surface area contributed by atoms with Gasteiger partial charge in [-0.25, -0.2) is 14.8 Å². The molecular formula is C27H22ClN9O3. The second-order valence-corrected chi connectivity index (χ2v) is 9.45. The maximum Gasteiger partial charge on any atom is 0.413 e. The summed E-state index contributed by atoms with van der Waals surface area (Å²) < 4.78 is 8.24. The average molecular weight is 556 g/mol. The van der Waals surface area contributed by atoms with Crippen molar-refractivity contribution >= 4 is 23.5 Å². The van der Waals surface area contributed by atoms with Crippen LogP contribution in [0.2, 0.25) is 5.02 Å². The lowest BCUT2D eigenvalue weighted by Gasteiger charge is -2.15. The van der Waals surface area contributed by atoms with E-state index in [4.69, 9.17) is 16.3 Å². The molecule has 0 aliphatic carbocycles. The molecular weight excluding hydrogens is 534 g/mol. The van der Waals surface area contributed by atoms with E-state index in [-0.39, 0.29) is 18.2 Å². The first-order valence-corrected chi connectivity index (χ1v) is 12.7. The highest BCUT2D eigenvalue weighted by Gasteiger charge is 2.28. The number of aromatic nitrogens is 8. The number of tetrazole rings is 1. The molecule has 1 atom stereocenters. The summed E-state index contributed by atoms with van der Waals surface area (Å²) in [4.78, 5) is 37.6. The predicted molar refractivity (Wildman–Crippen MR) is 147 cm³/mol. The minimum atomic E-state index is -0.626. The van der Waals surface area contributed by atoms with Crippen LogP contribution in [0.1, 0.15) is 24.0 Å². The molecule has 40 heavy (non-hydrogen) atoms. The molecule has 13 heteroatoms. The molecule has 0 radical (unpaired) electrons. The number of carbonyl (C=O) groups is 1. The summed E-state index contributed by atoms with van der Waals surface area (Å²) in [5.74, 6) is 0.978. The van der Waals surface area contributed by atoms with Crippen molar-refractivity contribution < 1.29 is 9.53 Å². The number of hydrogen-bond acceptors (Lipinski definition) is 8. The van der Waals surface area contributed by atoms with Crippen LogP contribution >= 0.6 is 11.6 Å². The Balaban J connectivity index is 1.28. The Morgan fingerprint density at radius 1 is 1.25 bits per heavy atom. The van der Waals surface area contributed by atoms with Crippen molar-refractivity contribution in [1.82, 2.24) is 39.7 Å². The molecule has 1 aliphatic rings. The largest absolute Gasteiger partial charge is 0.445 e. The van der Waals surface area contributed by atoms with Gasteiger partial charge in [0.25, 0.3) is 5.56 Å². The van der Waals surface area contributed by atoms with E-state index in [0.29, 0.717) is 46.6 Å². The summed E-state index contributed by atoms with van der Waals surface area (Å²) in [7, 11) is 0. The third kappa shape index (κ3) is 4.87. The Bertz CT molecular complexity index is 1780. The number of fused-ring (bicyclic) bond motifs is 1. The molecule has 1 amide bonds. The molecule has 0 fully saturated rings. The lowest BCUT2D eigenvalue weighted by atomic mass is 10.0. The Hall–Kier alpha value is -5.10. The van der Waals surface area contributed by atoms with Gasteiger partial charge in [-0.3, -0.25) is 10.1 Å². The zero-order chi connectivity index (χ0) is 27.6. The van der Waals surface area contributed by atoms with Crippen LogP contribution in [0.5, 0.6) is 0 Å². The standard InChI is InChI=1S/C27H22ClN9O3/c1-2-10-40-27(39)33-24-5-3-4-20(31-24)21-14-29-26(32-21)23-9-7-18-11-16(12-25(38)37(18)23)19-13-17(28)6-8-22(19)36-15-30-34-35-36/h2-6,8,11-15,23H,1,7,9-10H2,(H,29,32)(H,31,33,39)/t23-/m0/s1. The van der Waals surface area contributed by atoms with E-state index in [2.05, 4.69) is 42.4 Å². The first kappa shape index (κ1) is 25.2. The van der Waals surface area contributed by atoms with Gasteiger partial charge < -0.3 is 14.3 Å². The predicted octanol–water partition coefficient (Wildman–Crippen LogP) is 4.20. The number of anilines is 1. The van der Waals surface area contributed by atoms with E-state index < -0.39 is 6.09 Å². The normalized spacial score (nSPS) is 14.1. The molecule has 0 spiro atoms. The second-order valence-electron chi connectivity index (χ2n) is 9.02. The third-order valence-corrected chi connectivity index (χ3v) is 6.73. The molecule has 5 aromatic rings. The summed E-state index contributed by atoms with van der Waals surface area (Å²) in [6, 6.07) is 13.9. The van der Waals surface area contributed by atoms with Crippen molar-refractivity contribution in [3.05, 3.63) is 101 Å². The van der Waals surface area contributed by atoms with Crippen molar-refractivity contribution in [3.63, 3.8) is 0 Å². The smallest absolute Gasteiger partial charge is 0.413 e. The second kappa shape index (κ2) is 10.6. The van der Waals surface area contributed by atoms with E-state index >= 15 is 0 Å². The first-order valence-electron chi connectivity index (χ1n) is 12.4. The van der Waals surface area contributed by atoms with Crippen LogP contribution in [0.4, 0.5) is 10.6 Å². The number of aryl methyl sites for hydroxylation is 1. The van der Waals surface area contributed by atoms with E-state index in [1.54, 1.807) is 47.2 Å². The number of amides is 1. The van der Waals surface area contributed by atoms with Crippen LogP contribution in [-0.2, 0) is 11.2 Å². The van der Waals surface area contributed by atoms with Crippen LogP contribution in [0.15, 0.2) is 78.5 Å². The van der Waals surface area contributed by atoms with Gasteiger partial charge in [-0.15, -0.1) is 5.10 Å². The third-order valence-electron chi connectivity index (χ3n) is 6.50. The molecule has 4 aromatic heterocycles. The number of ether oxygens (including phenoxy) is 1. The Morgan fingerprint density at radius 2 is 2.15 bits per heavy atom. The Kier molecular flexibility index (Phi) is 6.66. The summed E-state index contributed by atoms with van der Waals surface area (Å²) in [6.07, 6.45) is 5.40. The van der Waals surface area contributed by atoms with Crippen molar-refractivity contribution in [3.8, 4) is 28.2 Å². The molecule has 12 nitrogen and oxygen atoms in total. The lowest BCUT2D eigenvalue weighted by molar-refractivity contribution is 0.174. The average Bonchev–Trinajstić information content (AvgIpc) is 3.73. The molecule has 0 saturated carbocycles. The molecule has 2 N–H and O–H groups in total. The van der Waals surface area contributed by atoms with Crippen LogP contribution < -0.4 is 10.9 Å². The number of aromatic amines is 1. The van der Waals surface area contributed by atoms with E-state index in [1.165, 1.54) is 17.1 Å². The summed E-state index contributed by atoms with van der Waals surface area (Å²) in [6.45, 7) is 3.61. The van der Waals surface area contributed by atoms with Gasteiger partial charge in [0.1, 0.15) is 24.6 Å². The van der Waals surface area contributed by atoms with E-state index in [9.17, 15) is 9.59 Å². The number of H-pyrrole nitrogens is 1. The zero-order valence-corrected chi connectivity index (χ0v) is 21.7. The summed E-state index contributed by atoms with van der Waals surface area (Å²) >= 11 is 6.30. The van der Waals surface area contributed by atoms with Crippen LogP contribution in [0.3, 0.4) is 0 Å². The number of pyridine rings is 2. The first-order chi connectivity index (χ1) is 19.5. The quantitative estimate of drug-likeness (QED) is 0.284. The maximum atomic E-state index is 13.4. The number of carbonyl (C=O) groups excluding carboxylic acids is 1. The number of nitrogens with zero attached hydrogens (tertiary/aromatic N) is 7. The molecule has 6 rings (SSSR count). The van der Waals surface area contributed by atoms with Gasteiger partial charge >= 0.3 is 6.09 Å². The number of halogens is 1. The Morgan fingerprint density at radius 3 is 2.98 bits per heavy atom. The highest BCUT2D eigenvalue weighted by molar-refractivity contribution is 6.31. The molecule has 0 bridgehead atoms. The van der Waals surface area contributed by atoms with Gasteiger partial charge in [0.15, 0.2) is 0 Å². The molecule has 1 aromatic carbocycles. The van der Waals surface area contributed by atoms with Crippen LogP contribution in [-0.4, -0.2) is 52.4 Å². The number of hydrogen-bond donors (Lipinski definition) is 2. The molecule has 5 heterocycles. The molecule has 0 unspecified atom stereocenters. The monoisotopic (exact) mass is 555 g/mol. The van der Waals surface area contributed by atoms with Gasteiger partial charge in [0, 0.05) is 22.3 Å².